The monoisotopic (exact) mass is 266 g/mol. The number of aromatic nitrogens is 1. The third-order valence-electron chi connectivity index (χ3n) is 2.81. The third kappa shape index (κ3) is 5.34. The molecule has 0 radical (unpaired) electrons. The molecule has 0 saturated carbocycles. The van der Waals surface area contributed by atoms with Crippen molar-refractivity contribution in [2.45, 2.75) is 6.04 Å². The molecule has 1 heterocycles. The molecule has 0 aliphatic heterocycles. The first-order valence-corrected chi connectivity index (χ1v) is 6.26. The average Bonchev–Trinajstić information content (AvgIpc) is 2.41. The molecule has 1 atom stereocenters. The van der Waals surface area contributed by atoms with Gasteiger partial charge in [0.2, 0.25) is 5.91 Å². The van der Waals surface area contributed by atoms with Gasteiger partial charge in [0.1, 0.15) is 0 Å². The molecule has 6 heteroatoms. The standard InChI is InChI=1S/C13H22N4O2/c1-17(10-13(18)16-7-8-19-2)12(9-14)11-5-3-4-6-15-11/h3-6,12H,7-10,14H2,1-2H3,(H,16,18). The zero-order valence-corrected chi connectivity index (χ0v) is 11.5. The molecule has 0 aromatic carbocycles. The second-order valence-electron chi connectivity index (χ2n) is 4.26. The minimum Gasteiger partial charge on any atom is -0.383 e. The number of hydrogen-bond donors (Lipinski definition) is 2. The SMILES string of the molecule is COCCNC(=O)CN(C)C(CN)c1ccccn1. The van der Waals surface area contributed by atoms with Crippen LogP contribution >= 0.6 is 0 Å². The molecule has 3 N–H and O–H groups in total. The number of rotatable bonds is 8. The van der Waals surface area contributed by atoms with Gasteiger partial charge in [-0.15, -0.1) is 0 Å². The van der Waals surface area contributed by atoms with Crippen LogP contribution in [0.25, 0.3) is 0 Å². The molecule has 1 rings (SSSR count). The third-order valence-corrected chi connectivity index (χ3v) is 2.81. The zero-order valence-electron chi connectivity index (χ0n) is 11.5. The fourth-order valence-electron chi connectivity index (χ4n) is 1.78. The maximum atomic E-state index is 11.7. The molecule has 1 aromatic heterocycles. The first-order valence-electron chi connectivity index (χ1n) is 6.26. The van der Waals surface area contributed by atoms with Gasteiger partial charge in [-0.3, -0.25) is 14.7 Å². The van der Waals surface area contributed by atoms with Crippen molar-refractivity contribution in [2.75, 3.05) is 40.4 Å². The highest BCUT2D eigenvalue weighted by Gasteiger charge is 2.18. The predicted octanol–water partition coefficient (Wildman–Crippen LogP) is -0.224. The lowest BCUT2D eigenvalue weighted by atomic mass is 10.1. The quantitative estimate of drug-likeness (QED) is 0.636. The lowest BCUT2D eigenvalue weighted by Crippen LogP contribution is -2.40. The Labute approximate surface area is 113 Å². The van der Waals surface area contributed by atoms with Crippen LogP contribution in [0.3, 0.4) is 0 Å². The van der Waals surface area contributed by atoms with Crippen molar-refractivity contribution in [1.82, 2.24) is 15.2 Å². The summed E-state index contributed by atoms with van der Waals surface area (Å²) in [5, 5.41) is 2.78. The summed E-state index contributed by atoms with van der Waals surface area (Å²) >= 11 is 0. The molecule has 1 amide bonds. The highest BCUT2D eigenvalue weighted by molar-refractivity contribution is 5.78. The molecule has 0 aliphatic carbocycles. The molecule has 0 spiro atoms. The van der Waals surface area contributed by atoms with Crippen LogP contribution < -0.4 is 11.1 Å². The van der Waals surface area contributed by atoms with Crippen LogP contribution in [0, 0.1) is 0 Å². The van der Waals surface area contributed by atoms with Gasteiger partial charge in [-0.2, -0.15) is 0 Å². The highest BCUT2D eigenvalue weighted by atomic mass is 16.5. The second kappa shape index (κ2) is 8.58. The number of carbonyl (C=O) groups is 1. The van der Waals surface area contributed by atoms with Gasteiger partial charge in [0.05, 0.1) is 24.9 Å². The van der Waals surface area contributed by atoms with Gasteiger partial charge in [-0.05, 0) is 19.2 Å². The van der Waals surface area contributed by atoms with Crippen molar-refractivity contribution in [3.05, 3.63) is 30.1 Å². The topological polar surface area (TPSA) is 80.5 Å². The van der Waals surface area contributed by atoms with Crippen molar-refractivity contribution in [3.63, 3.8) is 0 Å². The summed E-state index contributed by atoms with van der Waals surface area (Å²) < 4.78 is 4.88. The minimum atomic E-state index is -0.0608. The summed E-state index contributed by atoms with van der Waals surface area (Å²) in [5.41, 5.74) is 6.64. The molecule has 106 valence electrons. The van der Waals surface area contributed by atoms with Gasteiger partial charge in [-0.25, -0.2) is 0 Å². The van der Waals surface area contributed by atoms with Crippen molar-refractivity contribution < 1.29 is 9.53 Å². The first kappa shape index (κ1) is 15.6. The number of pyridine rings is 1. The van der Waals surface area contributed by atoms with E-state index in [1.165, 1.54) is 0 Å². The first-order chi connectivity index (χ1) is 9.19. The van der Waals surface area contributed by atoms with E-state index in [9.17, 15) is 4.79 Å². The van der Waals surface area contributed by atoms with Gasteiger partial charge in [0, 0.05) is 26.4 Å². The summed E-state index contributed by atoms with van der Waals surface area (Å²) in [5.74, 6) is -0.0473. The Kier molecular flexibility index (Phi) is 7.02. The number of ether oxygens (including phenoxy) is 1. The van der Waals surface area contributed by atoms with Crippen LogP contribution in [0.2, 0.25) is 0 Å². The number of methoxy groups -OCH3 is 1. The van der Waals surface area contributed by atoms with E-state index < -0.39 is 0 Å². The molecule has 0 fully saturated rings. The number of likely N-dealkylation sites (N-methyl/N-ethyl adjacent to an activating group) is 1. The summed E-state index contributed by atoms with van der Waals surface area (Å²) in [6, 6.07) is 5.62. The molecular weight excluding hydrogens is 244 g/mol. The number of nitrogens with one attached hydrogen (secondary N) is 1. The van der Waals surface area contributed by atoms with Crippen molar-refractivity contribution in [1.29, 1.82) is 0 Å². The summed E-state index contributed by atoms with van der Waals surface area (Å²) in [6.45, 7) is 1.72. The van der Waals surface area contributed by atoms with Crippen molar-refractivity contribution >= 4 is 5.91 Å². The number of carbonyl (C=O) groups excluding carboxylic acids is 1. The van der Waals surface area contributed by atoms with Crippen LogP contribution in [-0.2, 0) is 9.53 Å². The molecule has 1 unspecified atom stereocenters. The number of nitrogens with zero attached hydrogens (tertiary/aromatic N) is 2. The molecule has 0 bridgehead atoms. The van der Waals surface area contributed by atoms with E-state index in [1.807, 2.05) is 30.1 Å². The molecular formula is C13H22N4O2. The van der Waals surface area contributed by atoms with Crippen LogP contribution in [0.4, 0.5) is 0 Å². The Hall–Kier alpha value is -1.50. The fraction of sp³-hybridized carbons (Fsp3) is 0.538. The van der Waals surface area contributed by atoms with Gasteiger partial charge in [0.25, 0.3) is 0 Å². The molecule has 19 heavy (non-hydrogen) atoms. The lowest BCUT2D eigenvalue weighted by molar-refractivity contribution is -0.122. The Morgan fingerprint density at radius 2 is 2.37 bits per heavy atom. The number of nitrogens with two attached hydrogens (primary N) is 1. The van der Waals surface area contributed by atoms with Crippen LogP contribution in [0.5, 0.6) is 0 Å². The number of hydrogen-bond acceptors (Lipinski definition) is 5. The van der Waals surface area contributed by atoms with Crippen LogP contribution in [0.15, 0.2) is 24.4 Å². The molecule has 6 nitrogen and oxygen atoms in total. The lowest BCUT2D eigenvalue weighted by Gasteiger charge is -2.25. The minimum absolute atomic E-state index is 0.0473. The van der Waals surface area contributed by atoms with Crippen molar-refractivity contribution in [2.24, 2.45) is 5.73 Å². The number of amides is 1. The maximum absolute atomic E-state index is 11.7. The Morgan fingerprint density at radius 1 is 1.58 bits per heavy atom. The van der Waals surface area contributed by atoms with E-state index in [0.29, 0.717) is 19.7 Å². The summed E-state index contributed by atoms with van der Waals surface area (Å²) in [7, 11) is 3.46. The van der Waals surface area contributed by atoms with Crippen molar-refractivity contribution in [3.8, 4) is 0 Å². The Balaban J connectivity index is 2.50. The summed E-state index contributed by atoms with van der Waals surface area (Å²) in [6.07, 6.45) is 1.73. The Morgan fingerprint density at radius 3 is 2.95 bits per heavy atom. The Bertz CT molecular complexity index is 372. The predicted molar refractivity (Wildman–Crippen MR) is 73.5 cm³/mol. The van der Waals surface area contributed by atoms with E-state index in [0.717, 1.165) is 5.69 Å². The largest absolute Gasteiger partial charge is 0.383 e. The van der Waals surface area contributed by atoms with E-state index >= 15 is 0 Å². The van der Waals surface area contributed by atoms with Gasteiger partial charge >= 0.3 is 0 Å². The van der Waals surface area contributed by atoms with E-state index in [1.54, 1.807) is 13.3 Å². The van der Waals surface area contributed by atoms with E-state index in [2.05, 4.69) is 10.3 Å². The molecule has 0 saturated heterocycles. The van der Waals surface area contributed by atoms with Gasteiger partial charge in [-0.1, -0.05) is 6.07 Å². The summed E-state index contributed by atoms with van der Waals surface area (Å²) in [4.78, 5) is 17.9. The molecule has 0 aliphatic rings. The van der Waals surface area contributed by atoms with E-state index in [-0.39, 0.29) is 18.5 Å². The van der Waals surface area contributed by atoms with Crippen LogP contribution in [0.1, 0.15) is 11.7 Å². The second-order valence-corrected chi connectivity index (χ2v) is 4.26. The van der Waals surface area contributed by atoms with Crippen LogP contribution in [-0.4, -0.2) is 56.2 Å². The molecule has 1 aromatic rings. The zero-order chi connectivity index (χ0) is 14.1. The van der Waals surface area contributed by atoms with E-state index in [4.69, 9.17) is 10.5 Å². The van der Waals surface area contributed by atoms with Gasteiger partial charge < -0.3 is 15.8 Å². The average molecular weight is 266 g/mol. The highest BCUT2D eigenvalue weighted by Crippen LogP contribution is 2.14. The fourth-order valence-corrected chi connectivity index (χ4v) is 1.78. The normalized spacial score (nSPS) is 12.4. The van der Waals surface area contributed by atoms with Gasteiger partial charge in [0.15, 0.2) is 0 Å². The maximum Gasteiger partial charge on any atom is 0.234 e. The smallest absolute Gasteiger partial charge is 0.234 e.